The van der Waals surface area contributed by atoms with E-state index in [-0.39, 0.29) is 0 Å². The van der Waals surface area contributed by atoms with E-state index in [0.29, 0.717) is 6.54 Å². The van der Waals surface area contributed by atoms with Gasteiger partial charge in [0.1, 0.15) is 0 Å². The Bertz CT molecular complexity index is 445. The fourth-order valence-corrected chi connectivity index (χ4v) is 2.35. The predicted octanol–water partition coefficient (Wildman–Crippen LogP) is 0.944. The molecule has 6 nitrogen and oxygen atoms in total. The Labute approximate surface area is 115 Å². The predicted molar refractivity (Wildman–Crippen MR) is 72.2 cm³/mol. The quantitative estimate of drug-likeness (QED) is 0.625. The minimum atomic E-state index is -1.31. The number of rotatable bonds is 6. The Kier molecular flexibility index (Phi) is 5.78. The molecule has 2 unspecified atom stereocenters. The van der Waals surface area contributed by atoms with Crippen LogP contribution >= 0.6 is 11.3 Å². The van der Waals surface area contributed by atoms with Crippen molar-refractivity contribution >= 4 is 23.3 Å². The Morgan fingerprint density at radius 3 is 2.47 bits per heavy atom. The Balaban J connectivity index is 2.44. The second kappa shape index (κ2) is 7.10. The maximum atomic E-state index is 11.5. The zero-order chi connectivity index (χ0) is 14.4. The number of carbonyl (C=O) groups excluding carboxylic acids is 1. The van der Waals surface area contributed by atoms with Gasteiger partial charge in [-0.2, -0.15) is 0 Å². The number of aryl methyl sites for hydroxylation is 1. The van der Waals surface area contributed by atoms with Crippen LogP contribution in [0.5, 0.6) is 0 Å². The van der Waals surface area contributed by atoms with Crippen LogP contribution in [0.4, 0.5) is 4.79 Å². The van der Waals surface area contributed by atoms with Crippen molar-refractivity contribution in [2.75, 3.05) is 0 Å². The minimum Gasteiger partial charge on any atom is -0.480 e. The van der Waals surface area contributed by atoms with E-state index in [9.17, 15) is 14.7 Å². The van der Waals surface area contributed by atoms with Crippen LogP contribution in [-0.4, -0.2) is 34.4 Å². The molecule has 0 aliphatic heterocycles. The van der Waals surface area contributed by atoms with Crippen molar-refractivity contribution in [3.63, 3.8) is 0 Å². The Morgan fingerprint density at radius 2 is 2.00 bits per heavy atom. The van der Waals surface area contributed by atoms with E-state index in [1.165, 1.54) is 11.8 Å². The smallest absolute Gasteiger partial charge is 0.328 e. The largest absolute Gasteiger partial charge is 0.480 e. The molecule has 19 heavy (non-hydrogen) atoms. The van der Waals surface area contributed by atoms with Gasteiger partial charge in [-0.05, 0) is 25.5 Å². The average Bonchev–Trinajstić information content (AvgIpc) is 2.80. The molecule has 0 spiro atoms. The molecule has 106 valence electrons. The third-order valence-electron chi connectivity index (χ3n) is 2.52. The van der Waals surface area contributed by atoms with E-state index in [1.54, 1.807) is 11.3 Å². The maximum Gasteiger partial charge on any atom is 0.328 e. The molecule has 0 saturated heterocycles. The normalized spacial score (nSPS) is 13.6. The van der Waals surface area contributed by atoms with Crippen LogP contribution < -0.4 is 10.6 Å². The summed E-state index contributed by atoms with van der Waals surface area (Å²) < 4.78 is 0. The van der Waals surface area contributed by atoms with E-state index in [0.717, 1.165) is 11.3 Å². The van der Waals surface area contributed by atoms with Gasteiger partial charge in [0.15, 0.2) is 6.04 Å². The number of hydrogen-bond acceptors (Lipinski definition) is 4. The standard InChI is InChI=1S/C12H18N2O4S/c1-3-8-4-5-9(19-8)6-13-12(18)14-10(7(2)15)11(16)17/h4-5,7,10,15H,3,6H2,1-2H3,(H,16,17)(H2,13,14,18). The second-order valence-corrected chi connectivity index (χ2v) is 5.36. The zero-order valence-electron chi connectivity index (χ0n) is 10.8. The molecular formula is C12H18N2O4S. The third kappa shape index (κ3) is 4.88. The molecule has 4 N–H and O–H groups in total. The molecule has 7 heteroatoms. The lowest BCUT2D eigenvalue weighted by Gasteiger charge is -2.17. The van der Waals surface area contributed by atoms with E-state index in [1.807, 2.05) is 12.1 Å². The van der Waals surface area contributed by atoms with Crippen LogP contribution in [0.3, 0.4) is 0 Å². The number of aliphatic hydroxyl groups is 1. The third-order valence-corrected chi connectivity index (χ3v) is 3.75. The summed E-state index contributed by atoms with van der Waals surface area (Å²) in [6.45, 7) is 3.70. The van der Waals surface area contributed by atoms with Crippen molar-refractivity contribution in [3.8, 4) is 0 Å². The van der Waals surface area contributed by atoms with Gasteiger partial charge < -0.3 is 20.8 Å². The Hall–Kier alpha value is -1.60. The fraction of sp³-hybridized carbons (Fsp3) is 0.500. The summed E-state index contributed by atoms with van der Waals surface area (Å²) in [6, 6.07) is 2.00. The van der Waals surface area contributed by atoms with Gasteiger partial charge in [0.25, 0.3) is 0 Å². The van der Waals surface area contributed by atoms with E-state index >= 15 is 0 Å². The number of carboxylic acid groups (broad SMARTS) is 1. The summed E-state index contributed by atoms with van der Waals surface area (Å²) in [5, 5.41) is 22.8. The van der Waals surface area contributed by atoms with Gasteiger partial charge in [-0.25, -0.2) is 9.59 Å². The summed E-state index contributed by atoms with van der Waals surface area (Å²) in [5.74, 6) is -1.27. The van der Waals surface area contributed by atoms with Crippen molar-refractivity contribution in [3.05, 3.63) is 21.9 Å². The molecule has 2 atom stereocenters. The van der Waals surface area contributed by atoms with Gasteiger partial charge in [-0.3, -0.25) is 0 Å². The number of urea groups is 1. The molecule has 1 aromatic rings. The molecule has 0 saturated carbocycles. The molecule has 0 aromatic carbocycles. The van der Waals surface area contributed by atoms with Crippen molar-refractivity contribution in [2.24, 2.45) is 0 Å². The lowest BCUT2D eigenvalue weighted by Crippen LogP contribution is -2.50. The molecule has 0 aliphatic rings. The van der Waals surface area contributed by atoms with Crippen molar-refractivity contribution < 1.29 is 19.8 Å². The van der Waals surface area contributed by atoms with Gasteiger partial charge in [-0.1, -0.05) is 6.92 Å². The summed E-state index contributed by atoms with van der Waals surface area (Å²) in [5.41, 5.74) is 0. The van der Waals surface area contributed by atoms with Crippen LogP contribution in [0.15, 0.2) is 12.1 Å². The summed E-state index contributed by atoms with van der Waals surface area (Å²) >= 11 is 1.60. The molecule has 2 amide bonds. The zero-order valence-corrected chi connectivity index (χ0v) is 11.7. The SMILES string of the molecule is CCc1ccc(CNC(=O)NC(C(=O)O)C(C)O)s1. The first-order valence-corrected chi connectivity index (χ1v) is 6.78. The fourth-order valence-electron chi connectivity index (χ4n) is 1.46. The van der Waals surface area contributed by atoms with Crippen molar-refractivity contribution in [1.82, 2.24) is 10.6 Å². The molecule has 1 rings (SSSR count). The number of hydrogen-bond donors (Lipinski definition) is 4. The molecule has 0 fully saturated rings. The van der Waals surface area contributed by atoms with E-state index < -0.39 is 24.1 Å². The van der Waals surface area contributed by atoms with Crippen molar-refractivity contribution in [1.29, 1.82) is 0 Å². The van der Waals surface area contributed by atoms with Gasteiger partial charge in [-0.15, -0.1) is 11.3 Å². The van der Waals surface area contributed by atoms with E-state index in [4.69, 9.17) is 5.11 Å². The average molecular weight is 286 g/mol. The first-order chi connectivity index (χ1) is 8.93. The molecule has 0 radical (unpaired) electrons. The van der Waals surface area contributed by atoms with Crippen molar-refractivity contribution in [2.45, 2.75) is 39.0 Å². The van der Waals surface area contributed by atoms with Crippen LogP contribution in [0.2, 0.25) is 0 Å². The number of carboxylic acids is 1. The first-order valence-electron chi connectivity index (χ1n) is 5.96. The molecule has 1 aromatic heterocycles. The highest BCUT2D eigenvalue weighted by atomic mass is 32.1. The number of carbonyl (C=O) groups is 2. The van der Waals surface area contributed by atoms with Crippen LogP contribution in [0.25, 0.3) is 0 Å². The number of amides is 2. The lowest BCUT2D eigenvalue weighted by atomic mass is 10.2. The molecule has 0 aliphatic carbocycles. The lowest BCUT2D eigenvalue weighted by molar-refractivity contribution is -0.141. The van der Waals surface area contributed by atoms with Crippen LogP contribution in [0.1, 0.15) is 23.6 Å². The first kappa shape index (κ1) is 15.5. The number of aliphatic carboxylic acids is 1. The van der Waals surface area contributed by atoms with Gasteiger partial charge in [0.2, 0.25) is 0 Å². The summed E-state index contributed by atoms with van der Waals surface area (Å²) in [4.78, 5) is 24.5. The van der Waals surface area contributed by atoms with Gasteiger partial charge in [0, 0.05) is 9.75 Å². The van der Waals surface area contributed by atoms with Crippen LogP contribution in [0, 0.1) is 0 Å². The number of aliphatic hydroxyl groups excluding tert-OH is 1. The molecular weight excluding hydrogens is 268 g/mol. The monoisotopic (exact) mass is 286 g/mol. The highest BCUT2D eigenvalue weighted by Gasteiger charge is 2.24. The second-order valence-electron chi connectivity index (χ2n) is 4.11. The Morgan fingerprint density at radius 1 is 1.37 bits per heavy atom. The highest BCUT2D eigenvalue weighted by molar-refractivity contribution is 7.11. The van der Waals surface area contributed by atoms with Crippen LogP contribution in [-0.2, 0) is 17.8 Å². The number of nitrogens with one attached hydrogen (secondary N) is 2. The minimum absolute atomic E-state index is 0.336. The van der Waals surface area contributed by atoms with Gasteiger partial charge in [0.05, 0.1) is 12.6 Å². The van der Waals surface area contributed by atoms with Gasteiger partial charge >= 0.3 is 12.0 Å². The topological polar surface area (TPSA) is 98.7 Å². The molecule has 0 bridgehead atoms. The summed E-state index contributed by atoms with van der Waals surface area (Å²) in [6.07, 6.45) is -0.211. The summed E-state index contributed by atoms with van der Waals surface area (Å²) in [7, 11) is 0. The molecule has 1 heterocycles. The maximum absolute atomic E-state index is 11.5. The highest BCUT2D eigenvalue weighted by Crippen LogP contribution is 2.16. The number of thiophene rings is 1. The van der Waals surface area contributed by atoms with E-state index in [2.05, 4.69) is 17.6 Å².